The molecule has 0 spiro atoms. The fourth-order valence-corrected chi connectivity index (χ4v) is 3.05. The van der Waals surface area contributed by atoms with Gasteiger partial charge in [-0.05, 0) is 23.8 Å². The van der Waals surface area contributed by atoms with Crippen LogP contribution in [-0.4, -0.2) is 20.9 Å². The third-order valence-electron chi connectivity index (χ3n) is 4.44. The maximum atomic E-state index is 13.3. The summed E-state index contributed by atoms with van der Waals surface area (Å²) in [5, 5.41) is 10.2. The van der Waals surface area contributed by atoms with E-state index in [1.807, 2.05) is 42.5 Å². The van der Waals surface area contributed by atoms with Gasteiger partial charge in [-0.1, -0.05) is 65.9 Å². The van der Waals surface area contributed by atoms with Gasteiger partial charge < -0.3 is 5.32 Å². The third-order valence-corrected chi connectivity index (χ3v) is 4.44. The van der Waals surface area contributed by atoms with Crippen molar-refractivity contribution in [1.29, 1.82) is 0 Å². The van der Waals surface area contributed by atoms with Crippen molar-refractivity contribution < 1.29 is 18.0 Å². The van der Waals surface area contributed by atoms with E-state index in [1.165, 1.54) is 24.4 Å². The summed E-state index contributed by atoms with van der Waals surface area (Å²) in [5.41, 5.74) is 1.10. The average Bonchev–Trinajstić information content (AvgIpc) is 3.25. The molecule has 0 saturated carbocycles. The predicted molar refractivity (Wildman–Crippen MR) is 106 cm³/mol. The number of carbonyl (C=O) groups excluding carboxylic acids is 1. The van der Waals surface area contributed by atoms with Crippen LogP contribution in [0.15, 0.2) is 85.1 Å². The zero-order valence-corrected chi connectivity index (χ0v) is 15.5. The first-order valence-electron chi connectivity index (χ1n) is 8.98. The van der Waals surface area contributed by atoms with E-state index in [0.29, 0.717) is 5.69 Å². The largest absolute Gasteiger partial charge is 0.418 e. The second-order valence-electron chi connectivity index (χ2n) is 6.43. The van der Waals surface area contributed by atoms with Crippen LogP contribution >= 0.6 is 0 Å². The number of carbonyl (C=O) groups is 1. The highest BCUT2D eigenvalue weighted by molar-refractivity contribution is 6.04. The van der Waals surface area contributed by atoms with Crippen LogP contribution in [0.1, 0.15) is 16.1 Å². The lowest BCUT2D eigenvalue weighted by Gasteiger charge is -2.11. The van der Waals surface area contributed by atoms with Crippen LogP contribution in [0.2, 0.25) is 0 Å². The second kappa shape index (κ2) is 7.82. The Kier molecular flexibility index (Phi) is 5.05. The number of nitrogens with zero attached hydrogens (tertiary/aromatic N) is 3. The SMILES string of the molecule is O=C(Nc1ccccc1-c1ccccc1)c1cn(-c2ccccc2C(F)(F)F)nn1. The summed E-state index contributed by atoms with van der Waals surface area (Å²) in [4.78, 5) is 12.7. The highest BCUT2D eigenvalue weighted by Gasteiger charge is 2.34. The van der Waals surface area contributed by atoms with Crippen molar-refractivity contribution in [1.82, 2.24) is 15.0 Å². The second-order valence-corrected chi connectivity index (χ2v) is 6.43. The monoisotopic (exact) mass is 408 g/mol. The molecule has 4 rings (SSSR count). The Labute approximate surface area is 169 Å². The number of rotatable bonds is 4. The van der Waals surface area contributed by atoms with Crippen molar-refractivity contribution in [3.8, 4) is 16.8 Å². The zero-order valence-electron chi connectivity index (χ0n) is 15.5. The normalized spacial score (nSPS) is 11.3. The van der Waals surface area contributed by atoms with E-state index in [0.717, 1.165) is 21.9 Å². The number of halogens is 3. The Morgan fingerprint density at radius 2 is 1.53 bits per heavy atom. The molecular formula is C22H15F3N4O. The number of anilines is 1. The summed E-state index contributed by atoms with van der Waals surface area (Å²) < 4.78 is 40.7. The van der Waals surface area contributed by atoms with Crippen LogP contribution in [0.25, 0.3) is 16.8 Å². The van der Waals surface area contributed by atoms with Gasteiger partial charge in [0.25, 0.3) is 5.91 Å². The zero-order chi connectivity index (χ0) is 21.1. The molecule has 0 fully saturated rings. The summed E-state index contributed by atoms with van der Waals surface area (Å²) in [6.07, 6.45) is -3.38. The fraction of sp³-hybridized carbons (Fsp3) is 0.0455. The predicted octanol–water partition coefficient (Wildman–Crippen LogP) is 5.21. The minimum absolute atomic E-state index is 0.102. The molecule has 4 aromatic rings. The van der Waals surface area contributed by atoms with Gasteiger partial charge in [0.2, 0.25) is 0 Å². The number of alkyl halides is 3. The van der Waals surface area contributed by atoms with Crippen LogP contribution < -0.4 is 5.32 Å². The Balaban J connectivity index is 1.62. The van der Waals surface area contributed by atoms with Gasteiger partial charge in [0.05, 0.1) is 17.4 Å². The number of hydrogen-bond donors (Lipinski definition) is 1. The average molecular weight is 408 g/mol. The van der Waals surface area contributed by atoms with Gasteiger partial charge in [-0.15, -0.1) is 5.10 Å². The van der Waals surface area contributed by atoms with Crippen molar-refractivity contribution in [2.75, 3.05) is 5.32 Å². The van der Waals surface area contributed by atoms with E-state index in [1.54, 1.807) is 12.1 Å². The van der Waals surface area contributed by atoms with Gasteiger partial charge in [-0.3, -0.25) is 4.79 Å². The molecule has 3 aromatic carbocycles. The number of amides is 1. The van der Waals surface area contributed by atoms with Gasteiger partial charge in [0.15, 0.2) is 5.69 Å². The topological polar surface area (TPSA) is 59.8 Å². The number of nitrogens with one attached hydrogen (secondary N) is 1. The highest BCUT2D eigenvalue weighted by Crippen LogP contribution is 2.33. The molecule has 0 unspecified atom stereocenters. The molecule has 0 atom stereocenters. The van der Waals surface area contributed by atoms with Gasteiger partial charge in [-0.25, -0.2) is 4.68 Å². The van der Waals surface area contributed by atoms with E-state index in [-0.39, 0.29) is 11.4 Å². The Morgan fingerprint density at radius 3 is 2.30 bits per heavy atom. The molecule has 0 radical (unpaired) electrons. The molecular weight excluding hydrogens is 393 g/mol. The lowest BCUT2D eigenvalue weighted by molar-refractivity contribution is -0.137. The van der Waals surface area contributed by atoms with E-state index >= 15 is 0 Å². The van der Waals surface area contributed by atoms with Gasteiger partial charge in [-0.2, -0.15) is 13.2 Å². The number of para-hydroxylation sites is 2. The molecule has 1 amide bonds. The molecule has 0 bridgehead atoms. The van der Waals surface area contributed by atoms with Crippen molar-refractivity contribution in [2.24, 2.45) is 0 Å². The van der Waals surface area contributed by atoms with Crippen LogP contribution in [0, 0.1) is 0 Å². The van der Waals surface area contributed by atoms with E-state index in [4.69, 9.17) is 0 Å². The fourth-order valence-electron chi connectivity index (χ4n) is 3.05. The molecule has 0 saturated heterocycles. The van der Waals surface area contributed by atoms with Crippen LogP contribution in [0.4, 0.5) is 18.9 Å². The van der Waals surface area contributed by atoms with E-state index < -0.39 is 17.6 Å². The summed E-state index contributed by atoms with van der Waals surface area (Å²) in [5.74, 6) is -0.575. The number of hydrogen-bond acceptors (Lipinski definition) is 3. The first-order chi connectivity index (χ1) is 14.4. The summed E-state index contributed by atoms with van der Waals surface area (Å²) >= 11 is 0. The summed E-state index contributed by atoms with van der Waals surface area (Å²) in [6.45, 7) is 0. The van der Waals surface area contributed by atoms with Crippen molar-refractivity contribution >= 4 is 11.6 Å². The molecule has 150 valence electrons. The Morgan fingerprint density at radius 1 is 0.867 bits per heavy atom. The molecule has 30 heavy (non-hydrogen) atoms. The van der Waals surface area contributed by atoms with E-state index in [2.05, 4.69) is 15.6 Å². The molecule has 1 heterocycles. The highest BCUT2D eigenvalue weighted by atomic mass is 19.4. The smallest absolute Gasteiger partial charge is 0.320 e. The molecule has 8 heteroatoms. The minimum Gasteiger partial charge on any atom is -0.320 e. The van der Waals surface area contributed by atoms with Crippen molar-refractivity contribution in [2.45, 2.75) is 6.18 Å². The van der Waals surface area contributed by atoms with E-state index in [9.17, 15) is 18.0 Å². The van der Waals surface area contributed by atoms with Crippen LogP contribution in [0.3, 0.4) is 0 Å². The molecule has 1 N–H and O–H groups in total. The maximum Gasteiger partial charge on any atom is 0.418 e. The molecule has 1 aromatic heterocycles. The Bertz CT molecular complexity index is 1190. The molecule has 0 aliphatic heterocycles. The Hall–Kier alpha value is -3.94. The first-order valence-corrected chi connectivity index (χ1v) is 8.98. The molecule has 0 aliphatic rings. The third kappa shape index (κ3) is 3.93. The lowest BCUT2D eigenvalue weighted by Crippen LogP contribution is -2.13. The lowest BCUT2D eigenvalue weighted by atomic mass is 10.0. The minimum atomic E-state index is -4.56. The summed E-state index contributed by atoms with van der Waals surface area (Å²) in [6, 6.07) is 21.7. The van der Waals surface area contributed by atoms with Crippen LogP contribution in [0.5, 0.6) is 0 Å². The van der Waals surface area contributed by atoms with Crippen molar-refractivity contribution in [3.63, 3.8) is 0 Å². The maximum absolute atomic E-state index is 13.3. The quantitative estimate of drug-likeness (QED) is 0.505. The van der Waals surface area contributed by atoms with Gasteiger partial charge in [0, 0.05) is 11.3 Å². The van der Waals surface area contributed by atoms with Gasteiger partial charge >= 0.3 is 6.18 Å². The molecule has 0 aliphatic carbocycles. The number of benzene rings is 3. The number of aromatic nitrogens is 3. The van der Waals surface area contributed by atoms with Crippen LogP contribution in [-0.2, 0) is 6.18 Å². The van der Waals surface area contributed by atoms with Gasteiger partial charge in [0.1, 0.15) is 0 Å². The standard InChI is InChI=1S/C22H15F3N4O/c23-22(24,25)17-11-5-7-13-20(17)29-14-19(27-28-29)21(30)26-18-12-6-4-10-16(18)15-8-2-1-3-9-15/h1-14H,(H,26,30). The summed E-state index contributed by atoms with van der Waals surface area (Å²) in [7, 11) is 0. The van der Waals surface area contributed by atoms with Crippen molar-refractivity contribution in [3.05, 3.63) is 96.3 Å². The molecule has 5 nitrogen and oxygen atoms in total. The first kappa shape index (κ1) is 19.4.